The zero-order valence-electron chi connectivity index (χ0n) is 14.8. The molecule has 0 aliphatic carbocycles. The molecule has 2 aromatic carbocycles. The van der Waals surface area contributed by atoms with Crippen LogP contribution in [-0.2, 0) is 13.0 Å². The smallest absolute Gasteiger partial charge is 0.319 e. The highest BCUT2D eigenvalue weighted by Crippen LogP contribution is 2.20. The second-order valence-corrected chi connectivity index (χ2v) is 7.62. The van der Waals surface area contributed by atoms with Gasteiger partial charge in [-0.05, 0) is 42.2 Å². The number of nitrogens with one attached hydrogen (secondary N) is 2. The molecule has 138 valence electrons. The molecule has 5 nitrogen and oxygen atoms in total. The van der Waals surface area contributed by atoms with E-state index < -0.39 is 6.10 Å². The summed E-state index contributed by atoms with van der Waals surface area (Å²) >= 11 is 3.40. The van der Waals surface area contributed by atoms with Crippen molar-refractivity contribution in [1.82, 2.24) is 10.2 Å². The Morgan fingerprint density at radius 3 is 2.85 bits per heavy atom. The molecule has 0 radical (unpaired) electrons. The Morgan fingerprint density at radius 2 is 2.04 bits per heavy atom. The first-order valence-electron chi connectivity index (χ1n) is 8.79. The molecule has 1 atom stereocenters. The maximum absolute atomic E-state index is 12.1. The monoisotopic (exact) mass is 417 g/mol. The first-order valence-corrected chi connectivity index (χ1v) is 9.59. The molecular weight excluding hydrogens is 394 g/mol. The lowest BCUT2D eigenvalue weighted by Crippen LogP contribution is -2.43. The molecule has 0 spiro atoms. The van der Waals surface area contributed by atoms with E-state index in [1.54, 1.807) is 0 Å². The van der Waals surface area contributed by atoms with E-state index in [0.29, 0.717) is 6.54 Å². The molecule has 1 unspecified atom stereocenters. The number of aryl methyl sites for hydroxylation is 1. The molecule has 0 saturated heterocycles. The molecule has 1 aliphatic rings. The zero-order valence-corrected chi connectivity index (χ0v) is 16.4. The van der Waals surface area contributed by atoms with E-state index in [1.807, 2.05) is 25.1 Å². The van der Waals surface area contributed by atoms with Crippen LogP contribution in [0.25, 0.3) is 0 Å². The molecular formula is C20H24BrN3O2. The lowest BCUT2D eigenvalue weighted by Gasteiger charge is -2.30. The van der Waals surface area contributed by atoms with Crippen LogP contribution in [0.15, 0.2) is 46.9 Å². The molecule has 26 heavy (non-hydrogen) atoms. The molecule has 3 rings (SSSR count). The number of β-amino-alcohol motifs (C(OH)–C–C–N with tert-alkyl or cyclic N) is 1. The number of hydrogen-bond donors (Lipinski definition) is 3. The summed E-state index contributed by atoms with van der Waals surface area (Å²) in [5.74, 6) is 0. The number of aliphatic hydroxyl groups is 1. The fourth-order valence-corrected chi connectivity index (χ4v) is 3.54. The van der Waals surface area contributed by atoms with Crippen LogP contribution in [0.5, 0.6) is 0 Å². The van der Waals surface area contributed by atoms with Gasteiger partial charge in [-0.2, -0.15) is 0 Å². The van der Waals surface area contributed by atoms with Gasteiger partial charge in [0.1, 0.15) is 0 Å². The Bertz CT molecular complexity index is 781. The fraction of sp³-hybridized carbons (Fsp3) is 0.350. The van der Waals surface area contributed by atoms with Crippen molar-refractivity contribution >= 4 is 27.6 Å². The highest BCUT2D eigenvalue weighted by atomic mass is 79.9. The normalized spacial score (nSPS) is 15.2. The molecule has 0 bridgehead atoms. The van der Waals surface area contributed by atoms with Gasteiger partial charge in [-0.3, -0.25) is 4.90 Å². The molecule has 6 heteroatoms. The molecule has 0 aromatic heterocycles. The number of fused-ring (bicyclic) bond motifs is 1. The van der Waals surface area contributed by atoms with E-state index in [0.717, 1.165) is 35.2 Å². The molecule has 1 aliphatic heterocycles. The van der Waals surface area contributed by atoms with Gasteiger partial charge >= 0.3 is 6.03 Å². The first kappa shape index (κ1) is 18.9. The minimum Gasteiger partial charge on any atom is -0.390 e. The summed E-state index contributed by atoms with van der Waals surface area (Å²) in [6.07, 6.45) is 0.397. The number of rotatable bonds is 5. The van der Waals surface area contributed by atoms with Crippen molar-refractivity contribution in [1.29, 1.82) is 0 Å². The fourth-order valence-electron chi connectivity index (χ4n) is 3.18. The van der Waals surface area contributed by atoms with E-state index in [9.17, 15) is 9.90 Å². The van der Waals surface area contributed by atoms with Crippen molar-refractivity contribution in [2.24, 2.45) is 0 Å². The quantitative estimate of drug-likeness (QED) is 0.698. The summed E-state index contributed by atoms with van der Waals surface area (Å²) in [5, 5.41) is 15.8. The second-order valence-electron chi connectivity index (χ2n) is 6.70. The van der Waals surface area contributed by atoms with Gasteiger partial charge in [-0.15, -0.1) is 0 Å². The van der Waals surface area contributed by atoms with E-state index in [1.165, 1.54) is 11.1 Å². The average Bonchev–Trinajstić information content (AvgIpc) is 2.63. The van der Waals surface area contributed by atoms with Gasteiger partial charge in [-0.25, -0.2) is 4.79 Å². The standard InChI is InChI=1S/C20H24BrN3O2/c1-14-6-7-17(21)10-19(14)23-20(26)22-11-18(25)13-24-9-8-15-4-2-3-5-16(15)12-24/h2-7,10,18,25H,8-9,11-13H2,1H3,(H2,22,23,26). The highest BCUT2D eigenvalue weighted by molar-refractivity contribution is 9.10. The predicted octanol–water partition coefficient (Wildman–Crippen LogP) is 3.30. The minimum atomic E-state index is -0.602. The van der Waals surface area contributed by atoms with E-state index in [2.05, 4.69) is 55.7 Å². The second kappa shape index (κ2) is 8.66. The zero-order chi connectivity index (χ0) is 18.5. The number of hydrogen-bond acceptors (Lipinski definition) is 3. The number of amides is 2. The summed E-state index contributed by atoms with van der Waals surface area (Å²) in [4.78, 5) is 14.3. The number of carbonyl (C=O) groups is 1. The van der Waals surface area contributed by atoms with Gasteiger partial charge < -0.3 is 15.7 Å². The van der Waals surface area contributed by atoms with E-state index in [4.69, 9.17) is 0 Å². The number of halogens is 1. The summed E-state index contributed by atoms with van der Waals surface area (Å²) in [6, 6.07) is 13.8. The van der Waals surface area contributed by atoms with Gasteiger partial charge in [-0.1, -0.05) is 46.3 Å². The van der Waals surface area contributed by atoms with Crippen molar-refractivity contribution in [2.75, 3.05) is 25.0 Å². The van der Waals surface area contributed by atoms with Crippen LogP contribution in [0.4, 0.5) is 10.5 Å². The third-order valence-electron chi connectivity index (χ3n) is 4.62. The topological polar surface area (TPSA) is 64.6 Å². The summed E-state index contributed by atoms with van der Waals surface area (Å²) in [7, 11) is 0. The lowest BCUT2D eigenvalue weighted by molar-refractivity contribution is 0.106. The number of carbonyl (C=O) groups excluding carboxylic acids is 1. The molecule has 0 fully saturated rings. The maximum atomic E-state index is 12.1. The maximum Gasteiger partial charge on any atom is 0.319 e. The van der Waals surface area contributed by atoms with Gasteiger partial charge in [0.05, 0.1) is 6.10 Å². The molecule has 2 amide bonds. The van der Waals surface area contributed by atoms with Crippen molar-refractivity contribution < 1.29 is 9.90 Å². The molecule has 1 heterocycles. The van der Waals surface area contributed by atoms with Crippen LogP contribution in [0.3, 0.4) is 0 Å². The Morgan fingerprint density at radius 1 is 1.27 bits per heavy atom. The summed E-state index contributed by atoms with van der Waals surface area (Å²) in [6.45, 7) is 4.47. The number of benzene rings is 2. The number of urea groups is 1. The van der Waals surface area contributed by atoms with Crippen molar-refractivity contribution in [2.45, 2.75) is 26.0 Å². The number of aliphatic hydroxyl groups excluding tert-OH is 1. The minimum absolute atomic E-state index is 0.219. The largest absolute Gasteiger partial charge is 0.390 e. The Hall–Kier alpha value is -1.89. The van der Waals surface area contributed by atoms with Crippen molar-refractivity contribution in [3.63, 3.8) is 0 Å². The summed E-state index contributed by atoms with van der Waals surface area (Å²) < 4.78 is 0.906. The van der Waals surface area contributed by atoms with Crippen LogP contribution in [0.1, 0.15) is 16.7 Å². The Balaban J connectivity index is 1.45. The molecule has 2 aromatic rings. The number of anilines is 1. The SMILES string of the molecule is Cc1ccc(Br)cc1NC(=O)NCC(O)CN1CCc2ccccc2C1. The highest BCUT2D eigenvalue weighted by Gasteiger charge is 2.18. The average molecular weight is 418 g/mol. The third-order valence-corrected chi connectivity index (χ3v) is 5.12. The third kappa shape index (κ3) is 5.06. The van der Waals surface area contributed by atoms with Gasteiger partial charge in [0.15, 0.2) is 0 Å². The van der Waals surface area contributed by atoms with E-state index in [-0.39, 0.29) is 12.6 Å². The van der Waals surface area contributed by atoms with Crippen molar-refractivity contribution in [3.05, 3.63) is 63.6 Å². The van der Waals surface area contributed by atoms with Crippen LogP contribution in [0.2, 0.25) is 0 Å². The van der Waals surface area contributed by atoms with E-state index >= 15 is 0 Å². The summed E-state index contributed by atoms with van der Waals surface area (Å²) in [5.41, 5.74) is 4.44. The number of nitrogens with zero attached hydrogens (tertiary/aromatic N) is 1. The van der Waals surface area contributed by atoms with Gasteiger partial charge in [0.2, 0.25) is 0 Å². The van der Waals surface area contributed by atoms with Crippen LogP contribution in [0, 0.1) is 6.92 Å². The van der Waals surface area contributed by atoms with Crippen LogP contribution in [-0.4, -0.2) is 41.8 Å². The Labute approximate surface area is 162 Å². The molecule has 3 N–H and O–H groups in total. The Kier molecular flexibility index (Phi) is 6.29. The lowest BCUT2D eigenvalue weighted by atomic mass is 10.00. The first-order chi connectivity index (χ1) is 12.5. The van der Waals surface area contributed by atoms with Gasteiger partial charge in [0, 0.05) is 36.3 Å². The van der Waals surface area contributed by atoms with Gasteiger partial charge in [0.25, 0.3) is 0 Å². The predicted molar refractivity (Wildman–Crippen MR) is 107 cm³/mol. The van der Waals surface area contributed by atoms with Crippen LogP contribution < -0.4 is 10.6 Å². The van der Waals surface area contributed by atoms with Crippen molar-refractivity contribution in [3.8, 4) is 0 Å². The molecule has 0 saturated carbocycles. The van der Waals surface area contributed by atoms with Crippen LogP contribution >= 0.6 is 15.9 Å².